The van der Waals surface area contributed by atoms with Crippen LogP contribution in [0.15, 0.2) is 42.5 Å². The second-order valence-electron chi connectivity index (χ2n) is 5.61. The molecule has 2 N–H and O–H groups in total. The lowest BCUT2D eigenvalue weighted by Crippen LogP contribution is -2.35. The van der Waals surface area contributed by atoms with Crippen molar-refractivity contribution in [3.8, 4) is 11.5 Å². The SMILES string of the molecule is COc1ccc(OCC(=O)NCC(=O)Nc2ccc(C)cc2C)cc1. The van der Waals surface area contributed by atoms with Crippen molar-refractivity contribution in [2.75, 3.05) is 25.6 Å². The number of methoxy groups -OCH3 is 1. The summed E-state index contributed by atoms with van der Waals surface area (Å²) < 4.78 is 10.4. The maximum atomic E-state index is 11.9. The topological polar surface area (TPSA) is 76.7 Å². The summed E-state index contributed by atoms with van der Waals surface area (Å²) in [4.78, 5) is 23.7. The maximum Gasteiger partial charge on any atom is 0.258 e. The number of aryl methyl sites for hydroxylation is 2. The van der Waals surface area contributed by atoms with E-state index in [1.807, 2.05) is 32.0 Å². The van der Waals surface area contributed by atoms with Crippen LogP contribution in [-0.2, 0) is 9.59 Å². The molecule has 25 heavy (non-hydrogen) atoms. The van der Waals surface area contributed by atoms with Gasteiger partial charge >= 0.3 is 0 Å². The summed E-state index contributed by atoms with van der Waals surface area (Å²) in [5.41, 5.74) is 2.83. The summed E-state index contributed by atoms with van der Waals surface area (Å²) >= 11 is 0. The summed E-state index contributed by atoms with van der Waals surface area (Å²) in [6.45, 7) is 3.63. The molecule has 132 valence electrons. The smallest absolute Gasteiger partial charge is 0.258 e. The van der Waals surface area contributed by atoms with Gasteiger partial charge in [0, 0.05) is 5.69 Å². The Labute approximate surface area is 147 Å². The maximum absolute atomic E-state index is 11.9. The van der Waals surface area contributed by atoms with Crippen molar-refractivity contribution in [1.82, 2.24) is 5.32 Å². The Hall–Kier alpha value is -3.02. The van der Waals surface area contributed by atoms with E-state index in [-0.39, 0.29) is 25.0 Å². The number of carbonyl (C=O) groups excluding carboxylic acids is 2. The zero-order valence-corrected chi connectivity index (χ0v) is 14.6. The van der Waals surface area contributed by atoms with Crippen molar-refractivity contribution in [3.05, 3.63) is 53.6 Å². The predicted octanol–water partition coefficient (Wildman–Crippen LogP) is 2.45. The fraction of sp³-hybridized carbons (Fsp3) is 0.263. The van der Waals surface area contributed by atoms with Crippen molar-refractivity contribution in [2.24, 2.45) is 0 Å². The number of carbonyl (C=O) groups is 2. The van der Waals surface area contributed by atoms with Crippen LogP contribution in [0.5, 0.6) is 11.5 Å². The van der Waals surface area contributed by atoms with Gasteiger partial charge in [-0.15, -0.1) is 0 Å². The molecule has 0 aromatic heterocycles. The largest absolute Gasteiger partial charge is 0.497 e. The number of anilines is 1. The second-order valence-corrected chi connectivity index (χ2v) is 5.61. The van der Waals surface area contributed by atoms with E-state index >= 15 is 0 Å². The molecular weight excluding hydrogens is 320 g/mol. The van der Waals surface area contributed by atoms with Crippen molar-refractivity contribution in [1.29, 1.82) is 0 Å². The fourth-order valence-corrected chi connectivity index (χ4v) is 2.20. The number of amides is 2. The summed E-state index contributed by atoms with van der Waals surface area (Å²) in [6, 6.07) is 12.6. The molecule has 0 saturated heterocycles. The monoisotopic (exact) mass is 342 g/mol. The number of benzene rings is 2. The standard InChI is InChI=1S/C19H22N2O4/c1-13-4-9-17(14(2)10-13)21-18(22)11-20-19(23)12-25-16-7-5-15(24-3)6-8-16/h4-10H,11-12H2,1-3H3,(H,20,23)(H,21,22). The summed E-state index contributed by atoms with van der Waals surface area (Å²) in [6.07, 6.45) is 0. The Bertz CT molecular complexity index is 742. The van der Waals surface area contributed by atoms with Crippen molar-refractivity contribution in [3.63, 3.8) is 0 Å². The molecule has 2 aromatic carbocycles. The van der Waals surface area contributed by atoms with E-state index < -0.39 is 0 Å². The second kappa shape index (κ2) is 8.73. The van der Waals surface area contributed by atoms with Crippen molar-refractivity contribution >= 4 is 17.5 Å². The van der Waals surface area contributed by atoms with E-state index in [1.54, 1.807) is 31.4 Å². The Morgan fingerprint density at radius 3 is 2.28 bits per heavy atom. The van der Waals surface area contributed by atoms with E-state index in [1.165, 1.54) is 0 Å². The molecule has 2 aromatic rings. The zero-order chi connectivity index (χ0) is 18.2. The van der Waals surface area contributed by atoms with Gasteiger partial charge in [-0.2, -0.15) is 0 Å². The Kier molecular flexibility index (Phi) is 6.39. The highest BCUT2D eigenvalue weighted by molar-refractivity contribution is 5.95. The van der Waals surface area contributed by atoms with Gasteiger partial charge in [-0.05, 0) is 49.7 Å². The highest BCUT2D eigenvalue weighted by atomic mass is 16.5. The third-order valence-corrected chi connectivity index (χ3v) is 3.53. The molecule has 2 rings (SSSR count). The molecule has 0 atom stereocenters. The van der Waals surface area contributed by atoms with Gasteiger partial charge in [-0.1, -0.05) is 17.7 Å². The molecular formula is C19H22N2O4. The fourth-order valence-electron chi connectivity index (χ4n) is 2.20. The van der Waals surface area contributed by atoms with Gasteiger partial charge in [0.05, 0.1) is 13.7 Å². The van der Waals surface area contributed by atoms with E-state index in [2.05, 4.69) is 10.6 Å². The molecule has 0 spiro atoms. The van der Waals surface area contributed by atoms with E-state index in [0.717, 1.165) is 16.8 Å². The van der Waals surface area contributed by atoms with Crippen LogP contribution in [0.3, 0.4) is 0 Å². The van der Waals surface area contributed by atoms with E-state index in [4.69, 9.17) is 9.47 Å². The lowest BCUT2D eigenvalue weighted by molar-refractivity contribution is -0.125. The Morgan fingerprint density at radius 2 is 1.64 bits per heavy atom. The zero-order valence-electron chi connectivity index (χ0n) is 14.6. The highest BCUT2D eigenvalue weighted by Gasteiger charge is 2.08. The number of hydrogen-bond acceptors (Lipinski definition) is 4. The van der Waals surface area contributed by atoms with Gasteiger partial charge in [0.25, 0.3) is 5.91 Å². The molecule has 0 aliphatic heterocycles. The van der Waals surface area contributed by atoms with Crippen LogP contribution in [0, 0.1) is 13.8 Å². The molecule has 6 heteroatoms. The molecule has 2 amide bonds. The average Bonchev–Trinajstić information content (AvgIpc) is 2.61. The molecule has 0 aliphatic carbocycles. The quantitative estimate of drug-likeness (QED) is 0.810. The van der Waals surface area contributed by atoms with Crippen LogP contribution in [0.2, 0.25) is 0 Å². The minimum absolute atomic E-state index is 0.113. The molecule has 0 radical (unpaired) electrons. The average molecular weight is 342 g/mol. The van der Waals surface area contributed by atoms with Gasteiger partial charge in [-0.3, -0.25) is 9.59 Å². The molecule has 0 heterocycles. The first-order chi connectivity index (χ1) is 12.0. The molecule has 0 bridgehead atoms. The minimum Gasteiger partial charge on any atom is -0.497 e. The van der Waals surface area contributed by atoms with Crippen LogP contribution in [0.4, 0.5) is 5.69 Å². The minimum atomic E-state index is -0.369. The Morgan fingerprint density at radius 1 is 0.960 bits per heavy atom. The van der Waals surface area contributed by atoms with Gasteiger partial charge in [0.1, 0.15) is 11.5 Å². The summed E-state index contributed by atoms with van der Waals surface area (Å²) in [5.74, 6) is 0.604. The van der Waals surface area contributed by atoms with Crippen molar-refractivity contribution < 1.29 is 19.1 Å². The molecule has 0 unspecified atom stereocenters. The molecule has 6 nitrogen and oxygen atoms in total. The van der Waals surface area contributed by atoms with Crippen LogP contribution in [-0.4, -0.2) is 32.1 Å². The van der Waals surface area contributed by atoms with Crippen molar-refractivity contribution in [2.45, 2.75) is 13.8 Å². The normalized spacial score (nSPS) is 10.0. The van der Waals surface area contributed by atoms with Gasteiger partial charge in [-0.25, -0.2) is 0 Å². The van der Waals surface area contributed by atoms with Gasteiger partial charge in [0.15, 0.2) is 6.61 Å². The van der Waals surface area contributed by atoms with Gasteiger partial charge < -0.3 is 20.1 Å². The Balaban J connectivity index is 1.74. The van der Waals surface area contributed by atoms with Crippen LogP contribution in [0.1, 0.15) is 11.1 Å². The molecule has 0 aliphatic rings. The van der Waals surface area contributed by atoms with E-state index in [9.17, 15) is 9.59 Å². The third-order valence-electron chi connectivity index (χ3n) is 3.53. The summed E-state index contributed by atoms with van der Waals surface area (Å²) in [5, 5.41) is 5.30. The summed E-state index contributed by atoms with van der Waals surface area (Å²) in [7, 11) is 1.58. The lowest BCUT2D eigenvalue weighted by atomic mass is 10.1. The predicted molar refractivity (Wildman–Crippen MR) is 96.0 cm³/mol. The lowest BCUT2D eigenvalue weighted by Gasteiger charge is -2.10. The first kappa shape index (κ1) is 18.3. The number of ether oxygens (including phenoxy) is 2. The number of nitrogens with one attached hydrogen (secondary N) is 2. The highest BCUT2D eigenvalue weighted by Crippen LogP contribution is 2.17. The molecule has 0 saturated carbocycles. The number of hydrogen-bond donors (Lipinski definition) is 2. The van der Waals surface area contributed by atoms with Crippen LogP contribution < -0.4 is 20.1 Å². The number of rotatable bonds is 7. The first-order valence-electron chi connectivity index (χ1n) is 7.88. The first-order valence-corrected chi connectivity index (χ1v) is 7.88. The molecule has 0 fully saturated rings. The van der Waals surface area contributed by atoms with E-state index in [0.29, 0.717) is 11.5 Å². The van der Waals surface area contributed by atoms with Gasteiger partial charge in [0.2, 0.25) is 5.91 Å². The van der Waals surface area contributed by atoms with Crippen LogP contribution >= 0.6 is 0 Å². The third kappa shape index (κ3) is 5.84. The van der Waals surface area contributed by atoms with Crippen LogP contribution in [0.25, 0.3) is 0 Å².